The lowest BCUT2D eigenvalue weighted by atomic mass is 9.99. The van der Waals surface area contributed by atoms with Gasteiger partial charge in [-0.05, 0) is 50.1 Å². The minimum Gasteiger partial charge on any atom is -0.384 e. The maximum Gasteiger partial charge on any atom is 0.227 e. The average Bonchev–Trinajstić information content (AvgIpc) is 3.35. The second-order valence-electron chi connectivity index (χ2n) is 7.45. The molecule has 1 atom stereocenters. The van der Waals surface area contributed by atoms with E-state index >= 15 is 0 Å². The summed E-state index contributed by atoms with van der Waals surface area (Å²) in [5.41, 5.74) is 9.73. The van der Waals surface area contributed by atoms with E-state index in [0.29, 0.717) is 36.9 Å². The Morgan fingerprint density at radius 2 is 2.10 bits per heavy atom. The average molecular weight is 392 g/mol. The molecule has 150 valence electrons. The lowest BCUT2D eigenvalue weighted by Gasteiger charge is -2.16. The van der Waals surface area contributed by atoms with Crippen LogP contribution < -0.4 is 5.73 Å². The molecule has 1 unspecified atom stereocenters. The molecule has 4 heterocycles. The van der Waals surface area contributed by atoms with E-state index in [1.807, 2.05) is 24.0 Å². The van der Waals surface area contributed by atoms with Crippen molar-refractivity contribution < 1.29 is 9.32 Å². The number of rotatable bonds is 5. The Morgan fingerprint density at radius 1 is 1.24 bits per heavy atom. The number of amides is 1. The van der Waals surface area contributed by atoms with Crippen LogP contribution in [-0.4, -0.2) is 44.0 Å². The number of nitrogens with zero attached hydrogens (tertiary/aromatic N) is 5. The first-order valence-electron chi connectivity index (χ1n) is 9.75. The molecule has 1 amide bonds. The predicted molar refractivity (Wildman–Crippen MR) is 108 cm³/mol. The number of hydrogen-bond acceptors (Lipinski definition) is 7. The fraction of sp³-hybridized carbons (Fsp3) is 0.381. The zero-order valence-corrected chi connectivity index (χ0v) is 16.6. The highest BCUT2D eigenvalue weighted by Crippen LogP contribution is 2.30. The van der Waals surface area contributed by atoms with E-state index in [0.717, 1.165) is 35.5 Å². The summed E-state index contributed by atoms with van der Waals surface area (Å²) in [6.45, 7) is 5.17. The van der Waals surface area contributed by atoms with Gasteiger partial charge in [-0.3, -0.25) is 9.78 Å². The van der Waals surface area contributed by atoms with Crippen molar-refractivity contribution in [3.8, 4) is 11.1 Å². The van der Waals surface area contributed by atoms with Gasteiger partial charge in [0.25, 0.3) is 0 Å². The van der Waals surface area contributed by atoms with Gasteiger partial charge in [0.05, 0.1) is 0 Å². The van der Waals surface area contributed by atoms with Crippen molar-refractivity contribution in [3.05, 3.63) is 53.6 Å². The van der Waals surface area contributed by atoms with Crippen LogP contribution in [0, 0.1) is 13.8 Å². The molecule has 1 aliphatic rings. The van der Waals surface area contributed by atoms with E-state index in [1.165, 1.54) is 0 Å². The smallest absolute Gasteiger partial charge is 0.227 e. The van der Waals surface area contributed by atoms with Gasteiger partial charge in [0.2, 0.25) is 11.8 Å². The number of hydrogen-bond donors (Lipinski definition) is 1. The van der Waals surface area contributed by atoms with E-state index in [1.54, 1.807) is 19.2 Å². The molecule has 8 nitrogen and oxygen atoms in total. The molecule has 4 rings (SSSR count). The van der Waals surface area contributed by atoms with Gasteiger partial charge in [-0.1, -0.05) is 5.16 Å². The third kappa shape index (κ3) is 4.42. The minimum absolute atomic E-state index is 0.110. The summed E-state index contributed by atoms with van der Waals surface area (Å²) in [7, 11) is 0. The first-order valence-corrected chi connectivity index (χ1v) is 9.75. The number of nitrogens with two attached hydrogens (primary N) is 1. The summed E-state index contributed by atoms with van der Waals surface area (Å²) in [5.74, 6) is 1.93. The number of aromatic nitrogens is 4. The Labute approximate surface area is 169 Å². The number of carbonyl (C=O) groups is 1. The maximum atomic E-state index is 12.6. The molecule has 0 aliphatic carbocycles. The van der Waals surface area contributed by atoms with Gasteiger partial charge in [-0.2, -0.15) is 4.98 Å². The first kappa shape index (κ1) is 19.0. The Hall–Kier alpha value is -3.29. The van der Waals surface area contributed by atoms with Crippen molar-refractivity contribution >= 4 is 11.7 Å². The van der Waals surface area contributed by atoms with Crippen LogP contribution in [0.3, 0.4) is 0 Å². The van der Waals surface area contributed by atoms with Gasteiger partial charge in [-0.15, -0.1) is 0 Å². The first-order chi connectivity index (χ1) is 14.0. The van der Waals surface area contributed by atoms with Crippen LogP contribution in [0.15, 0.2) is 35.0 Å². The van der Waals surface area contributed by atoms with Crippen molar-refractivity contribution in [1.82, 2.24) is 25.0 Å². The molecule has 2 N–H and O–H groups in total. The Kier molecular flexibility index (Phi) is 5.24. The van der Waals surface area contributed by atoms with Crippen molar-refractivity contribution in [2.75, 3.05) is 18.8 Å². The zero-order chi connectivity index (χ0) is 20.4. The molecule has 0 radical (unpaired) electrons. The number of pyridine rings is 2. The Bertz CT molecular complexity index is 1010. The molecule has 0 saturated carbocycles. The molecule has 29 heavy (non-hydrogen) atoms. The normalized spacial score (nSPS) is 16.3. The molecular formula is C21H24N6O2. The molecule has 3 aromatic rings. The molecular weight excluding hydrogens is 368 g/mol. The fourth-order valence-electron chi connectivity index (χ4n) is 3.69. The molecule has 1 aliphatic heterocycles. The topological polar surface area (TPSA) is 111 Å². The van der Waals surface area contributed by atoms with Crippen molar-refractivity contribution in [3.63, 3.8) is 0 Å². The van der Waals surface area contributed by atoms with Crippen LogP contribution >= 0.6 is 0 Å². The number of anilines is 1. The van der Waals surface area contributed by atoms with E-state index < -0.39 is 0 Å². The van der Waals surface area contributed by atoms with Gasteiger partial charge >= 0.3 is 0 Å². The summed E-state index contributed by atoms with van der Waals surface area (Å²) in [5, 5.41) is 3.76. The third-order valence-electron chi connectivity index (χ3n) is 5.17. The summed E-state index contributed by atoms with van der Waals surface area (Å²) < 4.78 is 5.09. The van der Waals surface area contributed by atoms with Crippen molar-refractivity contribution in [1.29, 1.82) is 0 Å². The molecule has 1 saturated heterocycles. The third-order valence-corrected chi connectivity index (χ3v) is 5.17. The maximum absolute atomic E-state index is 12.6. The monoisotopic (exact) mass is 392 g/mol. The van der Waals surface area contributed by atoms with Crippen LogP contribution in [0.1, 0.15) is 41.9 Å². The second-order valence-corrected chi connectivity index (χ2v) is 7.45. The van der Waals surface area contributed by atoms with E-state index in [2.05, 4.69) is 21.2 Å². The number of likely N-dealkylation sites (tertiary alicyclic amines) is 1. The van der Waals surface area contributed by atoms with Gasteiger partial charge in [0, 0.05) is 55.0 Å². The second kappa shape index (κ2) is 7.98. The summed E-state index contributed by atoms with van der Waals surface area (Å²) in [4.78, 5) is 27.6. The van der Waals surface area contributed by atoms with Gasteiger partial charge < -0.3 is 15.2 Å². The number of carbonyl (C=O) groups excluding carboxylic acids is 1. The lowest BCUT2D eigenvalue weighted by Crippen LogP contribution is -2.28. The van der Waals surface area contributed by atoms with Crippen molar-refractivity contribution in [2.45, 2.75) is 39.0 Å². The SMILES string of the molecule is Cc1cc(-c2ccc(N)nc2)cc(C2CCN(C(=O)CCc3nc(C)no3)C2)n1. The standard InChI is InChI=1S/C21H24N6O2/c1-13-9-17(15-3-4-19(22)23-11-15)10-18(24-13)16-7-8-27(12-16)21(28)6-5-20-25-14(2)26-29-20/h3-4,9-11,16H,5-8,12H2,1-2H3,(H2,22,23). The van der Waals surface area contributed by atoms with Crippen LogP contribution in [0.5, 0.6) is 0 Å². The summed E-state index contributed by atoms with van der Waals surface area (Å²) in [6.07, 6.45) is 3.52. The number of nitrogen functional groups attached to an aromatic ring is 1. The molecule has 1 fully saturated rings. The lowest BCUT2D eigenvalue weighted by molar-refractivity contribution is -0.130. The highest BCUT2D eigenvalue weighted by Gasteiger charge is 2.28. The van der Waals surface area contributed by atoms with Gasteiger partial charge in [0.15, 0.2) is 5.82 Å². The Morgan fingerprint density at radius 3 is 2.83 bits per heavy atom. The summed E-state index contributed by atoms with van der Waals surface area (Å²) in [6, 6.07) is 7.90. The molecule has 8 heteroatoms. The quantitative estimate of drug-likeness (QED) is 0.710. The predicted octanol–water partition coefficient (Wildman–Crippen LogP) is 2.67. The Balaban J connectivity index is 1.43. The van der Waals surface area contributed by atoms with Crippen LogP contribution in [0.2, 0.25) is 0 Å². The van der Waals surface area contributed by atoms with E-state index in [-0.39, 0.29) is 11.8 Å². The minimum atomic E-state index is 0.110. The highest BCUT2D eigenvalue weighted by molar-refractivity contribution is 5.76. The van der Waals surface area contributed by atoms with Gasteiger partial charge in [-0.25, -0.2) is 4.98 Å². The molecule has 0 aromatic carbocycles. The van der Waals surface area contributed by atoms with Crippen LogP contribution in [-0.2, 0) is 11.2 Å². The van der Waals surface area contributed by atoms with E-state index in [9.17, 15) is 4.79 Å². The van der Waals surface area contributed by atoms with Gasteiger partial charge in [0.1, 0.15) is 5.82 Å². The van der Waals surface area contributed by atoms with Crippen LogP contribution in [0.25, 0.3) is 11.1 Å². The highest BCUT2D eigenvalue weighted by atomic mass is 16.5. The summed E-state index contributed by atoms with van der Waals surface area (Å²) >= 11 is 0. The molecule has 3 aromatic heterocycles. The van der Waals surface area contributed by atoms with Crippen molar-refractivity contribution in [2.24, 2.45) is 0 Å². The number of aryl methyl sites for hydroxylation is 3. The zero-order valence-electron chi connectivity index (χ0n) is 16.6. The van der Waals surface area contributed by atoms with Crippen LogP contribution in [0.4, 0.5) is 5.82 Å². The molecule has 0 spiro atoms. The largest absolute Gasteiger partial charge is 0.384 e. The fourth-order valence-corrected chi connectivity index (χ4v) is 3.69. The molecule has 0 bridgehead atoms. The van der Waals surface area contributed by atoms with E-state index in [4.69, 9.17) is 15.2 Å².